The van der Waals surface area contributed by atoms with Crippen LogP contribution in [0.3, 0.4) is 0 Å². The maximum atomic E-state index is 6.69. The van der Waals surface area contributed by atoms with Gasteiger partial charge in [0.1, 0.15) is 0 Å². The summed E-state index contributed by atoms with van der Waals surface area (Å²) in [6.45, 7) is 22.1. The van der Waals surface area contributed by atoms with Gasteiger partial charge >= 0.3 is 33.3 Å². The van der Waals surface area contributed by atoms with E-state index in [9.17, 15) is 0 Å². The second-order valence-corrected chi connectivity index (χ2v) is 14.3. The molecule has 0 saturated carbocycles. The molecule has 3 aliphatic heterocycles. The van der Waals surface area contributed by atoms with Gasteiger partial charge in [0.05, 0.1) is 22.4 Å². The number of rotatable bonds is 2. The fourth-order valence-corrected chi connectivity index (χ4v) is 4.20. The first kappa shape index (κ1) is 52.9. The summed E-state index contributed by atoms with van der Waals surface area (Å²) >= 11 is 0. The van der Waals surface area contributed by atoms with Crippen LogP contribution in [0.15, 0.2) is 91.0 Å². The Morgan fingerprint density at radius 3 is 1.30 bits per heavy atom. The van der Waals surface area contributed by atoms with Crippen LogP contribution in [0.5, 0.6) is 0 Å². The van der Waals surface area contributed by atoms with Gasteiger partial charge in [-0.1, -0.05) is 87.1 Å². The monoisotopic (exact) mass is 728 g/mol. The van der Waals surface area contributed by atoms with Gasteiger partial charge in [0.15, 0.2) is 0 Å². The Morgan fingerprint density at radius 2 is 1.00 bits per heavy atom. The van der Waals surface area contributed by atoms with Crippen molar-refractivity contribution in [2.24, 2.45) is 0 Å². The summed E-state index contributed by atoms with van der Waals surface area (Å²) in [4.78, 5) is 0. The Kier molecular flexibility index (Phi) is 25.3. The van der Waals surface area contributed by atoms with E-state index in [0.29, 0.717) is 0 Å². The van der Waals surface area contributed by atoms with Crippen LogP contribution >= 0.6 is 0 Å². The van der Waals surface area contributed by atoms with Crippen molar-refractivity contribution in [3.8, 4) is 30.0 Å². The van der Waals surface area contributed by atoms with Crippen LogP contribution in [0.25, 0.3) is 0 Å². The Bertz CT molecular complexity index is 1480. The maximum Gasteiger partial charge on any atom is 1.00 e. The Morgan fingerprint density at radius 1 is 0.630 bits per heavy atom. The number of ether oxygens (including phenoxy) is 1. The Balaban J connectivity index is 0. The van der Waals surface area contributed by atoms with Crippen molar-refractivity contribution in [2.45, 2.75) is 125 Å². The van der Waals surface area contributed by atoms with Gasteiger partial charge in [-0.05, 0) is 106 Å². The van der Waals surface area contributed by atoms with Gasteiger partial charge in [0.2, 0.25) is 0 Å². The summed E-state index contributed by atoms with van der Waals surface area (Å²) in [7, 11) is -0.967. The van der Waals surface area contributed by atoms with Crippen LogP contribution in [0.4, 0.5) is 0 Å². The molecule has 3 aromatic rings. The van der Waals surface area contributed by atoms with Gasteiger partial charge in [-0.2, -0.15) is 0 Å². The molecule has 6 rings (SSSR count). The van der Waals surface area contributed by atoms with E-state index >= 15 is 0 Å². The molecule has 3 heterocycles. The molecule has 9 heteroatoms. The fraction of sp³-hybridized carbons (Fsp3) is 0.467. The van der Waals surface area contributed by atoms with Crippen molar-refractivity contribution in [2.75, 3.05) is 13.2 Å². The zero-order valence-corrected chi connectivity index (χ0v) is 33.2. The first-order chi connectivity index (χ1) is 24.0. The van der Waals surface area contributed by atoms with Crippen LogP contribution in [0.1, 0.15) is 114 Å². The molecule has 286 valence electrons. The largest absolute Gasteiger partial charge is 1.00 e. The number of hydrogen-bond acceptors (Lipinski definition) is 6. The summed E-state index contributed by atoms with van der Waals surface area (Å²) in [6, 6.07) is 28.8. The topological polar surface area (TPSA) is 55.4 Å². The molecule has 0 unspecified atom stereocenters. The molecule has 0 atom stereocenters. The van der Waals surface area contributed by atoms with E-state index in [2.05, 4.69) is 23.6 Å². The van der Waals surface area contributed by atoms with E-state index in [1.54, 1.807) is 0 Å². The number of hydrogen-bond donors (Lipinski definition) is 0. The van der Waals surface area contributed by atoms with Gasteiger partial charge in [0, 0.05) is 30.4 Å². The van der Waals surface area contributed by atoms with E-state index < -0.39 is 14.4 Å². The molecule has 6 nitrogen and oxygen atoms in total. The van der Waals surface area contributed by atoms with Crippen LogP contribution in [0.2, 0.25) is 0 Å². The first-order valence-corrected chi connectivity index (χ1v) is 17.5. The third kappa shape index (κ3) is 18.9. The summed E-state index contributed by atoms with van der Waals surface area (Å²) in [5, 5.41) is 0. The summed E-state index contributed by atoms with van der Waals surface area (Å²) in [6.07, 6.45) is 14.5. The summed E-state index contributed by atoms with van der Waals surface area (Å²) in [5.41, 5.74) is 1.51. The smallest absolute Gasteiger partial charge is 0.392 e. The zero-order valence-electron chi connectivity index (χ0n) is 33.2. The molecular formula is C45H63B2LiO6. The molecule has 0 spiro atoms. The number of terminal acetylenes is 1. The summed E-state index contributed by atoms with van der Waals surface area (Å²) < 4.78 is 33.2. The number of benzene rings is 3. The van der Waals surface area contributed by atoms with E-state index in [-0.39, 0.29) is 62.2 Å². The second-order valence-electron chi connectivity index (χ2n) is 14.3. The van der Waals surface area contributed by atoms with Gasteiger partial charge in [-0.3, -0.25) is 5.92 Å². The molecule has 0 radical (unpaired) electrons. The predicted molar refractivity (Wildman–Crippen MR) is 222 cm³/mol. The second kappa shape index (κ2) is 25.8. The average Bonchev–Trinajstić information content (AvgIpc) is 3.79. The average molecular weight is 729 g/mol. The minimum Gasteiger partial charge on any atom is -0.392 e. The minimum atomic E-state index is -0.523. The minimum absolute atomic E-state index is 0. The van der Waals surface area contributed by atoms with Gasteiger partial charge in [0.25, 0.3) is 0 Å². The third-order valence-corrected chi connectivity index (χ3v) is 8.66. The van der Waals surface area contributed by atoms with Crippen molar-refractivity contribution in [3.05, 3.63) is 114 Å². The molecule has 3 aliphatic rings. The molecule has 3 aromatic carbocycles. The third-order valence-electron chi connectivity index (χ3n) is 8.66. The molecule has 0 aromatic heterocycles. The Labute approximate surface area is 342 Å². The molecule has 3 saturated heterocycles. The molecule has 0 N–H and O–H groups in total. The van der Waals surface area contributed by atoms with E-state index in [0.717, 1.165) is 29.9 Å². The molecule has 54 heavy (non-hydrogen) atoms. The van der Waals surface area contributed by atoms with Crippen molar-refractivity contribution in [1.29, 1.82) is 0 Å². The quantitative estimate of drug-likeness (QED) is 0.161. The maximum absolute atomic E-state index is 6.69. The molecule has 0 amide bonds. The summed E-state index contributed by atoms with van der Waals surface area (Å²) in [5.74, 6) is 10.9. The van der Waals surface area contributed by atoms with E-state index in [1.165, 1.54) is 12.8 Å². The van der Waals surface area contributed by atoms with Gasteiger partial charge in [-0.15, -0.1) is 24.1 Å². The van der Waals surface area contributed by atoms with Crippen LogP contribution in [-0.4, -0.2) is 56.2 Å². The normalized spacial score (nSPS) is 17.3. The van der Waals surface area contributed by atoms with Crippen molar-refractivity contribution in [3.63, 3.8) is 0 Å². The van der Waals surface area contributed by atoms with Crippen LogP contribution in [0, 0.1) is 36.4 Å². The molecule has 0 aliphatic carbocycles. The molecular weight excluding hydrogens is 665 g/mol. The SMILES string of the molecule is C.C.C#Cc1ccccc1.C1CCOC1.CC(C)OB1OC(C)(C)C(C)(C)O1.CC1(C)OB(C#Cc2ccccc2)OC1(C)C.[C-]#Cc1ccccc1.[Li+]. The van der Waals surface area contributed by atoms with Crippen LogP contribution in [-0.2, 0) is 28.0 Å². The van der Waals surface area contributed by atoms with E-state index in [1.807, 2.05) is 160 Å². The first-order valence-electron chi connectivity index (χ1n) is 17.5. The van der Waals surface area contributed by atoms with Crippen LogP contribution < -0.4 is 18.9 Å². The zero-order chi connectivity index (χ0) is 38.0. The fourth-order valence-electron chi connectivity index (χ4n) is 4.20. The predicted octanol–water partition coefficient (Wildman–Crippen LogP) is 7.04. The van der Waals surface area contributed by atoms with Crippen molar-refractivity contribution < 1.29 is 46.9 Å². The Hall–Kier alpha value is -3.17. The van der Waals surface area contributed by atoms with Gasteiger partial charge < -0.3 is 34.4 Å². The van der Waals surface area contributed by atoms with Crippen molar-refractivity contribution >= 4 is 14.4 Å². The van der Waals surface area contributed by atoms with Gasteiger partial charge in [-0.25, -0.2) is 0 Å². The van der Waals surface area contributed by atoms with Crippen molar-refractivity contribution in [1.82, 2.24) is 0 Å². The standard InChI is InChI=1S/C14H17BO2.C9H19BO3.C8H6.C8H5.C4H8O.2CH4.Li/c1-13(2)14(3,4)17-15(16-13)11-10-12-8-6-5-7-9-12;1-7(2)11-10-12-8(3,4)9(5,6)13-10;2*1-2-8-6-4-3-5-7-8;1-2-4-5-3-1;;;/h5-9H,1-4H3;7H,1-6H3;1,3-7H;3-7H;1-4H2;2*1H4;/q;;;-1;;;;+1. The molecule has 3 fully saturated rings. The van der Waals surface area contributed by atoms with E-state index in [4.69, 9.17) is 40.9 Å². The molecule has 0 bridgehead atoms.